The van der Waals surface area contributed by atoms with E-state index in [1.54, 1.807) is 0 Å². The van der Waals surface area contributed by atoms with E-state index >= 15 is 0 Å². The predicted octanol–water partition coefficient (Wildman–Crippen LogP) is 1.46. The molecular formula is C16H25N3O3S. The molecule has 1 aliphatic heterocycles. The third-order valence-electron chi connectivity index (χ3n) is 5.09. The number of carbonyl (C=O) groups excluding carboxylic acids is 1. The fourth-order valence-corrected chi connectivity index (χ4v) is 5.48. The van der Waals surface area contributed by atoms with E-state index in [9.17, 15) is 13.2 Å². The van der Waals surface area contributed by atoms with Crippen molar-refractivity contribution in [1.29, 1.82) is 0 Å². The molecule has 1 N–H and O–H groups in total. The molecule has 1 unspecified atom stereocenters. The predicted molar refractivity (Wildman–Crippen MR) is 88.1 cm³/mol. The Bertz CT molecular complexity index is 702. The molecule has 7 heteroatoms. The molecule has 2 fully saturated rings. The van der Waals surface area contributed by atoms with Gasteiger partial charge in [0.15, 0.2) is 9.84 Å². The van der Waals surface area contributed by atoms with Crippen LogP contribution in [0.5, 0.6) is 0 Å². The van der Waals surface area contributed by atoms with Crippen LogP contribution < -0.4 is 5.32 Å². The van der Waals surface area contributed by atoms with Crippen LogP contribution in [-0.4, -0.2) is 41.7 Å². The van der Waals surface area contributed by atoms with Gasteiger partial charge in [-0.2, -0.15) is 5.10 Å². The van der Waals surface area contributed by atoms with Crippen molar-refractivity contribution in [3.05, 3.63) is 17.0 Å². The van der Waals surface area contributed by atoms with Crippen LogP contribution in [0.2, 0.25) is 0 Å². The first kappa shape index (κ1) is 16.5. The third kappa shape index (κ3) is 3.59. The van der Waals surface area contributed by atoms with Crippen LogP contribution in [0.1, 0.15) is 55.1 Å². The quantitative estimate of drug-likeness (QED) is 0.900. The summed E-state index contributed by atoms with van der Waals surface area (Å²) in [6.07, 6.45) is 5.46. The summed E-state index contributed by atoms with van der Waals surface area (Å²) >= 11 is 0. The van der Waals surface area contributed by atoms with E-state index in [1.807, 2.05) is 18.5 Å². The number of nitrogens with one attached hydrogen (secondary N) is 1. The van der Waals surface area contributed by atoms with Gasteiger partial charge in [-0.1, -0.05) is 12.8 Å². The molecule has 0 spiro atoms. The maximum absolute atomic E-state index is 12.3. The fraction of sp³-hybridized carbons (Fsp3) is 0.750. The Balaban J connectivity index is 1.71. The number of hydrogen-bond acceptors (Lipinski definition) is 4. The first-order valence-electron chi connectivity index (χ1n) is 8.40. The minimum Gasteiger partial charge on any atom is -0.353 e. The lowest BCUT2D eigenvalue weighted by Gasteiger charge is -2.13. The second kappa shape index (κ2) is 6.26. The smallest absolute Gasteiger partial charge is 0.224 e. The van der Waals surface area contributed by atoms with Crippen molar-refractivity contribution in [3.63, 3.8) is 0 Å². The fourth-order valence-electron chi connectivity index (χ4n) is 3.79. The van der Waals surface area contributed by atoms with E-state index in [4.69, 9.17) is 0 Å². The minimum absolute atomic E-state index is 0.0432. The van der Waals surface area contributed by atoms with Crippen LogP contribution in [0.25, 0.3) is 0 Å². The molecule has 1 aromatic heterocycles. The van der Waals surface area contributed by atoms with Gasteiger partial charge >= 0.3 is 0 Å². The zero-order valence-corrected chi connectivity index (χ0v) is 14.7. The van der Waals surface area contributed by atoms with Gasteiger partial charge in [-0.15, -0.1) is 0 Å². The standard InChI is InChI=1S/C16H25N3O3S/c1-11-15(9-16(20)17-13-5-3-4-6-13)12(2)19(18-11)14-7-8-23(21,22)10-14/h13-14H,3-10H2,1-2H3,(H,17,20). The molecule has 1 aliphatic carbocycles. The maximum atomic E-state index is 12.3. The van der Waals surface area contributed by atoms with Gasteiger partial charge in [0.2, 0.25) is 5.91 Å². The molecule has 0 radical (unpaired) electrons. The summed E-state index contributed by atoms with van der Waals surface area (Å²) in [6, 6.07) is 0.225. The van der Waals surface area contributed by atoms with Crippen molar-refractivity contribution < 1.29 is 13.2 Å². The van der Waals surface area contributed by atoms with Crippen LogP contribution in [0.4, 0.5) is 0 Å². The Morgan fingerprint density at radius 2 is 1.96 bits per heavy atom. The third-order valence-corrected chi connectivity index (χ3v) is 6.84. The highest BCUT2D eigenvalue weighted by Gasteiger charge is 2.31. The summed E-state index contributed by atoms with van der Waals surface area (Å²) in [5.74, 6) is 0.428. The second-order valence-electron chi connectivity index (χ2n) is 6.88. The van der Waals surface area contributed by atoms with Gasteiger partial charge in [0.05, 0.1) is 29.7 Å². The molecule has 3 rings (SSSR count). The van der Waals surface area contributed by atoms with E-state index in [0.29, 0.717) is 18.9 Å². The molecule has 128 valence electrons. The highest BCUT2D eigenvalue weighted by molar-refractivity contribution is 7.91. The molecule has 2 heterocycles. The lowest BCUT2D eigenvalue weighted by atomic mass is 10.1. The van der Waals surface area contributed by atoms with Crippen LogP contribution in [0.3, 0.4) is 0 Å². The second-order valence-corrected chi connectivity index (χ2v) is 9.11. The van der Waals surface area contributed by atoms with Gasteiger partial charge in [0.1, 0.15) is 0 Å². The van der Waals surface area contributed by atoms with Gasteiger partial charge < -0.3 is 5.32 Å². The Morgan fingerprint density at radius 3 is 2.57 bits per heavy atom. The molecule has 1 amide bonds. The van der Waals surface area contributed by atoms with Gasteiger partial charge in [0.25, 0.3) is 0 Å². The molecule has 1 atom stereocenters. The Kier molecular flexibility index (Phi) is 4.49. The highest BCUT2D eigenvalue weighted by Crippen LogP contribution is 2.27. The Labute approximate surface area is 137 Å². The number of aromatic nitrogens is 2. The maximum Gasteiger partial charge on any atom is 0.224 e. The Morgan fingerprint density at radius 1 is 1.26 bits per heavy atom. The van der Waals surface area contributed by atoms with Crippen LogP contribution >= 0.6 is 0 Å². The first-order chi connectivity index (χ1) is 10.9. The van der Waals surface area contributed by atoms with E-state index in [2.05, 4.69) is 10.4 Å². The summed E-state index contributed by atoms with van der Waals surface area (Å²) in [4.78, 5) is 12.3. The van der Waals surface area contributed by atoms with Crippen molar-refractivity contribution in [1.82, 2.24) is 15.1 Å². The molecule has 1 aromatic rings. The number of aryl methyl sites for hydroxylation is 1. The zero-order valence-electron chi connectivity index (χ0n) is 13.8. The number of amides is 1. The normalized spacial score (nSPS) is 24.2. The van der Waals surface area contributed by atoms with Crippen molar-refractivity contribution in [2.45, 2.75) is 64.5 Å². The minimum atomic E-state index is -2.94. The number of carbonyl (C=O) groups is 1. The monoisotopic (exact) mass is 339 g/mol. The van der Waals surface area contributed by atoms with E-state index in [-0.39, 0.29) is 23.5 Å². The van der Waals surface area contributed by atoms with Gasteiger partial charge in [0, 0.05) is 17.3 Å². The first-order valence-corrected chi connectivity index (χ1v) is 10.2. The summed E-state index contributed by atoms with van der Waals surface area (Å²) in [7, 11) is -2.94. The molecular weight excluding hydrogens is 314 g/mol. The summed E-state index contributed by atoms with van der Waals surface area (Å²) in [5, 5.41) is 7.62. The highest BCUT2D eigenvalue weighted by atomic mass is 32.2. The summed E-state index contributed by atoms with van der Waals surface area (Å²) in [5.41, 5.74) is 2.68. The van der Waals surface area contributed by atoms with Gasteiger partial charge in [-0.05, 0) is 33.1 Å². The topological polar surface area (TPSA) is 81.1 Å². The number of sulfone groups is 1. The van der Waals surface area contributed by atoms with Crippen molar-refractivity contribution in [2.75, 3.05) is 11.5 Å². The average Bonchev–Trinajstić information content (AvgIpc) is 3.15. The van der Waals surface area contributed by atoms with Crippen LogP contribution in [0, 0.1) is 13.8 Å². The molecule has 2 aliphatic rings. The van der Waals surface area contributed by atoms with E-state index < -0.39 is 9.84 Å². The summed E-state index contributed by atoms with van der Waals surface area (Å²) < 4.78 is 25.2. The van der Waals surface area contributed by atoms with Crippen molar-refractivity contribution >= 4 is 15.7 Å². The van der Waals surface area contributed by atoms with E-state index in [0.717, 1.165) is 29.8 Å². The molecule has 23 heavy (non-hydrogen) atoms. The van der Waals surface area contributed by atoms with Crippen LogP contribution in [0.15, 0.2) is 0 Å². The van der Waals surface area contributed by atoms with Crippen molar-refractivity contribution in [2.24, 2.45) is 0 Å². The van der Waals surface area contributed by atoms with Crippen molar-refractivity contribution in [3.8, 4) is 0 Å². The number of hydrogen-bond donors (Lipinski definition) is 1. The molecule has 6 nitrogen and oxygen atoms in total. The van der Waals surface area contributed by atoms with E-state index in [1.165, 1.54) is 12.8 Å². The zero-order chi connectivity index (χ0) is 16.6. The molecule has 0 bridgehead atoms. The molecule has 1 saturated carbocycles. The molecule has 0 aromatic carbocycles. The largest absolute Gasteiger partial charge is 0.353 e. The SMILES string of the molecule is Cc1nn(C2CCS(=O)(=O)C2)c(C)c1CC(=O)NC1CCCC1. The van der Waals surface area contributed by atoms with Gasteiger partial charge in [-0.25, -0.2) is 8.42 Å². The molecule has 1 saturated heterocycles. The average molecular weight is 339 g/mol. The summed E-state index contributed by atoms with van der Waals surface area (Å²) in [6.45, 7) is 3.83. The van der Waals surface area contributed by atoms with Gasteiger partial charge in [-0.3, -0.25) is 9.48 Å². The lowest BCUT2D eigenvalue weighted by molar-refractivity contribution is -0.121. The van der Waals surface area contributed by atoms with Crippen LogP contribution in [-0.2, 0) is 21.1 Å². The number of rotatable bonds is 4. The number of nitrogens with zero attached hydrogens (tertiary/aromatic N) is 2. The Hall–Kier alpha value is -1.37. The lowest BCUT2D eigenvalue weighted by Crippen LogP contribution is -2.33.